The molecule has 3 heteroatoms. The van der Waals surface area contributed by atoms with Gasteiger partial charge in [-0.1, -0.05) is 19.1 Å². The predicted molar refractivity (Wildman–Crippen MR) is 65.6 cm³/mol. The Labute approximate surface area is 101 Å². The van der Waals surface area contributed by atoms with E-state index >= 15 is 0 Å². The second-order valence-corrected chi connectivity index (χ2v) is 5.21. The zero-order valence-electron chi connectivity index (χ0n) is 10.1. The Morgan fingerprint density at radius 1 is 1.47 bits per heavy atom. The van der Waals surface area contributed by atoms with Crippen molar-refractivity contribution in [3.05, 3.63) is 29.3 Å². The number of hydrogen-bond acceptors (Lipinski definition) is 3. The van der Waals surface area contributed by atoms with E-state index in [1.807, 2.05) is 25.1 Å². The zero-order valence-corrected chi connectivity index (χ0v) is 10.1. The third-order valence-corrected chi connectivity index (χ3v) is 3.88. The summed E-state index contributed by atoms with van der Waals surface area (Å²) < 4.78 is 5.61. The van der Waals surface area contributed by atoms with Gasteiger partial charge in [0.25, 0.3) is 0 Å². The number of hydrogen-bond donors (Lipinski definition) is 1. The number of para-hydroxylation sites is 1. The van der Waals surface area contributed by atoms with E-state index in [0.717, 1.165) is 37.2 Å². The highest BCUT2D eigenvalue weighted by molar-refractivity contribution is 6.03. The first-order chi connectivity index (χ1) is 8.21. The summed E-state index contributed by atoms with van der Waals surface area (Å²) in [6.07, 6.45) is 1.83. The summed E-state index contributed by atoms with van der Waals surface area (Å²) in [7, 11) is 0. The zero-order chi connectivity index (χ0) is 11.9. The summed E-state index contributed by atoms with van der Waals surface area (Å²) >= 11 is 0. The van der Waals surface area contributed by atoms with Gasteiger partial charge in [0.05, 0.1) is 12.2 Å². The normalized spacial score (nSPS) is 26.6. The lowest BCUT2D eigenvalue weighted by Gasteiger charge is -2.21. The van der Waals surface area contributed by atoms with Gasteiger partial charge in [0.2, 0.25) is 0 Å². The Bertz CT molecular complexity index is 461. The van der Waals surface area contributed by atoms with Gasteiger partial charge in [-0.25, -0.2) is 0 Å². The minimum Gasteiger partial charge on any atom is -0.492 e. The monoisotopic (exact) mass is 231 g/mol. The van der Waals surface area contributed by atoms with Crippen LogP contribution in [0.15, 0.2) is 18.2 Å². The molecule has 1 aromatic rings. The fraction of sp³-hybridized carbons (Fsp3) is 0.500. The number of ketones is 1. The van der Waals surface area contributed by atoms with Gasteiger partial charge in [-0.05, 0) is 24.6 Å². The number of carbonyl (C=O) groups is 1. The Kier molecular flexibility index (Phi) is 2.44. The smallest absolute Gasteiger partial charge is 0.173 e. The van der Waals surface area contributed by atoms with Gasteiger partial charge in [0.1, 0.15) is 5.75 Å². The molecule has 17 heavy (non-hydrogen) atoms. The van der Waals surface area contributed by atoms with Crippen molar-refractivity contribution < 1.29 is 9.53 Å². The van der Waals surface area contributed by atoms with Crippen LogP contribution < -0.4 is 10.1 Å². The van der Waals surface area contributed by atoms with Crippen LogP contribution in [0.2, 0.25) is 0 Å². The third kappa shape index (κ3) is 1.65. The molecule has 0 bridgehead atoms. The molecule has 0 saturated carbocycles. The highest BCUT2D eigenvalue weighted by Gasteiger charge is 2.38. The molecule has 1 fully saturated rings. The van der Waals surface area contributed by atoms with Gasteiger partial charge in [0.15, 0.2) is 5.78 Å². The molecule has 90 valence electrons. The minimum atomic E-state index is -0.263. The molecule has 1 unspecified atom stereocenters. The number of ether oxygens (including phenoxy) is 1. The highest BCUT2D eigenvalue weighted by Crippen LogP contribution is 2.36. The van der Waals surface area contributed by atoms with Crippen LogP contribution in [0.3, 0.4) is 0 Å². The van der Waals surface area contributed by atoms with Crippen LogP contribution in [-0.4, -0.2) is 25.5 Å². The largest absolute Gasteiger partial charge is 0.492 e. The Balaban J connectivity index is 1.99. The first kappa shape index (κ1) is 10.8. The van der Waals surface area contributed by atoms with Crippen LogP contribution in [0, 0.1) is 5.41 Å². The highest BCUT2D eigenvalue weighted by atomic mass is 16.5. The molecule has 0 radical (unpaired) electrons. The van der Waals surface area contributed by atoms with Crippen molar-refractivity contribution in [3.8, 4) is 5.75 Å². The molecule has 2 aliphatic heterocycles. The number of benzene rings is 1. The topological polar surface area (TPSA) is 38.3 Å². The summed E-state index contributed by atoms with van der Waals surface area (Å²) in [5, 5.41) is 3.27. The Hall–Kier alpha value is -1.35. The molecule has 0 amide bonds. The minimum absolute atomic E-state index is 0.223. The fourth-order valence-electron chi connectivity index (χ4n) is 2.73. The number of carbonyl (C=O) groups excluding carboxylic acids is 1. The molecule has 2 aliphatic rings. The lowest BCUT2D eigenvalue weighted by Crippen LogP contribution is -2.30. The molecule has 0 spiro atoms. The Morgan fingerprint density at radius 2 is 2.35 bits per heavy atom. The van der Waals surface area contributed by atoms with Gasteiger partial charge in [-0.2, -0.15) is 0 Å². The van der Waals surface area contributed by atoms with E-state index in [1.54, 1.807) is 0 Å². The van der Waals surface area contributed by atoms with Crippen molar-refractivity contribution in [1.82, 2.24) is 5.32 Å². The molecule has 3 nitrogen and oxygen atoms in total. The van der Waals surface area contributed by atoms with Gasteiger partial charge in [0, 0.05) is 18.4 Å². The van der Waals surface area contributed by atoms with Gasteiger partial charge >= 0.3 is 0 Å². The molecule has 0 aromatic heterocycles. The quantitative estimate of drug-likeness (QED) is 0.789. The molecule has 3 rings (SSSR count). The maximum absolute atomic E-state index is 12.6. The molecule has 1 N–H and O–H groups in total. The van der Waals surface area contributed by atoms with E-state index in [0.29, 0.717) is 6.61 Å². The van der Waals surface area contributed by atoms with Crippen molar-refractivity contribution in [3.63, 3.8) is 0 Å². The van der Waals surface area contributed by atoms with E-state index in [2.05, 4.69) is 5.32 Å². The summed E-state index contributed by atoms with van der Waals surface area (Å²) in [4.78, 5) is 12.6. The molecule has 1 aromatic carbocycles. The van der Waals surface area contributed by atoms with Crippen molar-refractivity contribution in [1.29, 1.82) is 0 Å². The molecule has 2 heterocycles. The predicted octanol–water partition coefficient (Wildman–Crippen LogP) is 1.80. The summed E-state index contributed by atoms with van der Waals surface area (Å²) in [6, 6.07) is 5.91. The van der Waals surface area contributed by atoms with Crippen molar-refractivity contribution >= 4 is 5.78 Å². The van der Waals surface area contributed by atoms with E-state index in [9.17, 15) is 4.79 Å². The number of nitrogens with one attached hydrogen (secondary N) is 1. The maximum Gasteiger partial charge on any atom is 0.173 e. The van der Waals surface area contributed by atoms with E-state index in [-0.39, 0.29) is 11.2 Å². The van der Waals surface area contributed by atoms with Crippen LogP contribution in [0.1, 0.15) is 29.3 Å². The molecule has 0 aliphatic carbocycles. The fourth-order valence-corrected chi connectivity index (χ4v) is 2.73. The van der Waals surface area contributed by atoms with Crippen LogP contribution in [0.25, 0.3) is 0 Å². The van der Waals surface area contributed by atoms with Gasteiger partial charge in [-0.3, -0.25) is 4.79 Å². The Morgan fingerprint density at radius 3 is 3.12 bits per heavy atom. The summed E-state index contributed by atoms with van der Waals surface area (Å²) in [6.45, 7) is 4.45. The van der Waals surface area contributed by atoms with Crippen LogP contribution in [0.4, 0.5) is 0 Å². The van der Waals surface area contributed by atoms with Crippen molar-refractivity contribution in [2.45, 2.75) is 19.8 Å². The average molecular weight is 231 g/mol. The molecule has 1 saturated heterocycles. The number of fused-ring (bicyclic) bond motifs is 1. The van der Waals surface area contributed by atoms with E-state index in [1.165, 1.54) is 5.56 Å². The van der Waals surface area contributed by atoms with Crippen molar-refractivity contribution in [2.24, 2.45) is 5.41 Å². The first-order valence-electron chi connectivity index (χ1n) is 6.21. The second kappa shape index (κ2) is 3.84. The van der Waals surface area contributed by atoms with E-state index in [4.69, 9.17) is 4.74 Å². The lowest BCUT2D eigenvalue weighted by molar-refractivity contribution is 0.0836. The average Bonchev–Trinajstić information content (AvgIpc) is 2.96. The van der Waals surface area contributed by atoms with Gasteiger partial charge < -0.3 is 10.1 Å². The maximum atomic E-state index is 12.6. The SMILES string of the molecule is CC1(C(=O)c2cccc3c2OCC3)CCNC1. The summed E-state index contributed by atoms with van der Waals surface area (Å²) in [5.74, 6) is 1.05. The summed E-state index contributed by atoms with van der Waals surface area (Å²) in [5.41, 5.74) is 1.68. The lowest BCUT2D eigenvalue weighted by atomic mass is 9.81. The van der Waals surface area contributed by atoms with Crippen LogP contribution in [0.5, 0.6) is 5.75 Å². The van der Waals surface area contributed by atoms with Gasteiger partial charge in [-0.15, -0.1) is 0 Å². The molecule has 1 atom stereocenters. The van der Waals surface area contributed by atoms with Crippen molar-refractivity contribution in [2.75, 3.05) is 19.7 Å². The number of Topliss-reactive ketones (excluding diaryl/α,β-unsaturated/α-hetero) is 1. The van der Waals surface area contributed by atoms with Crippen LogP contribution >= 0.6 is 0 Å². The van der Waals surface area contributed by atoms with Crippen LogP contribution in [-0.2, 0) is 6.42 Å². The molecular formula is C14H17NO2. The number of rotatable bonds is 2. The standard InChI is InChI=1S/C14H17NO2/c1-14(6-7-15-9-14)13(16)11-4-2-3-10-5-8-17-12(10)11/h2-4,15H,5-9H2,1H3. The second-order valence-electron chi connectivity index (χ2n) is 5.21. The first-order valence-corrected chi connectivity index (χ1v) is 6.21. The third-order valence-electron chi connectivity index (χ3n) is 3.88. The van der Waals surface area contributed by atoms with E-state index < -0.39 is 0 Å². The molecular weight excluding hydrogens is 214 g/mol.